The number of hydrogen-bond acceptors (Lipinski definition) is 9. The molecular weight excluding hydrogens is 944 g/mol. The maximum absolute atomic E-state index is 15.2. The van der Waals surface area contributed by atoms with Crippen molar-refractivity contribution < 1.29 is 62.5 Å². The van der Waals surface area contributed by atoms with Gasteiger partial charge in [-0.2, -0.15) is 40.2 Å². The van der Waals surface area contributed by atoms with Gasteiger partial charge in [-0.15, -0.1) is 11.8 Å². The summed E-state index contributed by atoms with van der Waals surface area (Å²) >= 11 is 7.90. The van der Waals surface area contributed by atoms with Crippen LogP contribution in [0.2, 0.25) is 5.02 Å². The number of benzene rings is 2. The Morgan fingerprint density at radius 3 is 2.31 bits per heavy atom. The summed E-state index contributed by atoms with van der Waals surface area (Å²) in [4.78, 5) is 46.4. The van der Waals surface area contributed by atoms with E-state index in [-0.39, 0.29) is 39.4 Å². The van der Waals surface area contributed by atoms with Crippen molar-refractivity contribution in [1.29, 1.82) is 0 Å². The Kier molecular flexibility index (Phi) is 14.9. The number of nitrogens with one attached hydrogen (secondary N) is 1. The topological polar surface area (TPSA) is 153 Å². The van der Waals surface area contributed by atoms with Crippen LogP contribution >= 0.6 is 23.4 Å². The number of alkyl halides is 8. The van der Waals surface area contributed by atoms with Gasteiger partial charge in [-0.3, -0.25) is 24.1 Å². The van der Waals surface area contributed by atoms with E-state index >= 15 is 8.78 Å². The molecule has 0 spiro atoms. The van der Waals surface area contributed by atoms with Gasteiger partial charge in [-0.1, -0.05) is 30.5 Å². The maximum atomic E-state index is 15.2. The van der Waals surface area contributed by atoms with Gasteiger partial charge in [0.15, 0.2) is 5.82 Å². The highest BCUT2D eigenvalue weighted by atomic mass is 35.5. The lowest BCUT2D eigenvalue weighted by molar-refractivity contribution is -0.141. The molecule has 3 N–H and O–H groups in total. The van der Waals surface area contributed by atoms with Crippen molar-refractivity contribution in [2.75, 3.05) is 23.4 Å². The highest BCUT2D eigenvalue weighted by Gasteiger charge is 2.52. The van der Waals surface area contributed by atoms with Gasteiger partial charge < -0.3 is 11.1 Å². The predicted octanol–water partition coefficient (Wildman–Crippen LogP) is 8.20. The van der Waals surface area contributed by atoms with E-state index in [2.05, 4.69) is 32.2 Å². The Bertz CT molecular complexity index is 2690. The van der Waals surface area contributed by atoms with Crippen LogP contribution in [-0.2, 0) is 38.3 Å². The quantitative estimate of drug-likeness (QED) is 0.0624. The molecule has 4 aromatic rings. The molecule has 348 valence electrons. The summed E-state index contributed by atoms with van der Waals surface area (Å²) in [5.74, 6) is -5.12. The van der Waals surface area contributed by atoms with Crippen molar-refractivity contribution in [2.24, 2.45) is 16.6 Å². The summed E-state index contributed by atoms with van der Waals surface area (Å²) in [7, 11) is -2.41. The largest absolute Gasteiger partial charge is 0.431 e. The molecule has 0 saturated heterocycles. The first-order chi connectivity index (χ1) is 30.1. The molecule has 3 atom stereocenters. The minimum atomic E-state index is -5.24. The van der Waals surface area contributed by atoms with Crippen LogP contribution in [-0.4, -0.2) is 84.9 Å². The molecule has 2 unspecified atom stereocenters. The molecule has 11 nitrogen and oxygen atoms in total. The number of carbonyl (C=O) groups is 3. The SMILES string of the molecule is CSC(C)(C)C#Cc1ccc(-c2ccc(Cl)c3c(N(C(=O)C=O)S(C)=O)nn(CC(F)(F)F)c23)c(C(Cc2cc(F)cc(F)c2)NC(=O)CN=C2/C(=C(\N)C(F)(F)F)[C@@H](C)CC2(F)F)n1. The van der Waals surface area contributed by atoms with Gasteiger partial charge in [0.2, 0.25) is 12.2 Å². The molecule has 0 bridgehead atoms. The summed E-state index contributed by atoms with van der Waals surface area (Å²) in [5.41, 5.74) is -0.270. The molecule has 2 aromatic heterocycles. The Hall–Kier alpha value is -5.47. The minimum absolute atomic E-state index is 0.0217. The van der Waals surface area contributed by atoms with Crippen molar-refractivity contribution in [3.8, 4) is 23.0 Å². The number of anilines is 1. The monoisotopic (exact) mass is 979 g/mol. The van der Waals surface area contributed by atoms with Crippen LogP contribution in [0.25, 0.3) is 22.0 Å². The molecule has 0 aliphatic heterocycles. The number of thioether (sulfide) groups is 1. The number of aldehydes is 1. The standard InChI is InChI=1S/C41H36ClF10N7O4S2/c1-20-16-39(45,46)36(31(20)35(53)41(50,51)52)54-17-29(61)56-28(14-21-12-22(43)15-23(44)13-21)33-25(7-6-24(55-33)10-11-38(2,3)64-4)26-8-9-27(42)32-34(26)58(19-40(47,48)49)57-37(32)59(65(5)63)30(62)18-60/h6-9,12-13,15,18,20,28H,14,16-17,19,53H2,1-5H3,(H,56,61)/b35-31-,54-36?/t20-,28?,65?/m0/s1. The molecule has 1 fully saturated rings. The fourth-order valence-corrected chi connectivity index (χ4v) is 8.00. The van der Waals surface area contributed by atoms with E-state index in [0.29, 0.717) is 15.1 Å². The van der Waals surface area contributed by atoms with E-state index in [0.717, 1.165) is 31.4 Å². The van der Waals surface area contributed by atoms with Crippen LogP contribution < -0.4 is 15.4 Å². The number of carbonyl (C=O) groups excluding carboxylic acids is 3. The normalized spacial score (nSPS) is 17.7. The summed E-state index contributed by atoms with van der Waals surface area (Å²) in [5, 5.41) is 5.65. The first kappa shape index (κ1) is 50.5. The first-order valence-electron chi connectivity index (χ1n) is 18.8. The van der Waals surface area contributed by atoms with Gasteiger partial charge in [0.05, 0.1) is 32.4 Å². The zero-order chi connectivity index (χ0) is 48.6. The number of pyridine rings is 1. The van der Waals surface area contributed by atoms with Gasteiger partial charge >= 0.3 is 18.3 Å². The summed E-state index contributed by atoms with van der Waals surface area (Å²) in [6.07, 6.45) is -9.49. The number of fused-ring (bicyclic) bond motifs is 1. The van der Waals surface area contributed by atoms with Crippen LogP contribution in [0.1, 0.15) is 50.2 Å². The average Bonchev–Trinajstić information content (AvgIpc) is 3.65. The van der Waals surface area contributed by atoms with E-state index in [1.54, 1.807) is 20.1 Å². The summed E-state index contributed by atoms with van der Waals surface area (Å²) in [6, 6.07) is 5.68. The lowest BCUT2D eigenvalue weighted by atomic mass is 9.93. The molecule has 2 aromatic carbocycles. The highest BCUT2D eigenvalue weighted by Crippen LogP contribution is 2.45. The van der Waals surface area contributed by atoms with Crippen molar-refractivity contribution in [3.63, 3.8) is 0 Å². The molecular formula is C41H36ClF10N7O4S2. The number of amides is 2. The third-order valence-electron chi connectivity index (χ3n) is 9.78. The van der Waals surface area contributed by atoms with E-state index in [1.807, 2.05) is 0 Å². The molecule has 2 amide bonds. The fourth-order valence-electron chi connectivity index (χ4n) is 6.94. The van der Waals surface area contributed by atoms with Gasteiger partial charge in [-0.25, -0.2) is 22.3 Å². The predicted molar refractivity (Wildman–Crippen MR) is 225 cm³/mol. The zero-order valence-electron chi connectivity index (χ0n) is 34.5. The third kappa shape index (κ3) is 11.7. The molecule has 2 heterocycles. The average molecular weight is 980 g/mol. The number of aromatic nitrogens is 3. The molecule has 5 rings (SSSR count). The fraction of sp³-hybridized carbons (Fsp3) is 0.366. The van der Waals surface area contributed by atoms with Crippen LogP contribution in [0.4, 0.5) is 49.7 Å². The number of aliphatic imine (C=N–C) groups is 1. The molecule has 24 heteroatoms. The lowest BCUT2D eigenvalue weighted by Gasteiger charge is -2.23. The van der Waals surface area contributed by atoms with Crippen molar-refractivity contribution in [2.45, 2.75) is 69.2 Å². The second-order valence-corrected chi connectivity index (χ2v) is 18.1. The van der Waals surface area contributed by atoms with Crippen LogP contribution in [0, 0.1) is 29.4 Å². The number of hydrogen-bond donors (Lipinski definition) is 2. The van der Waals surface area contributed by atoms with Crippen molar-refractivity contribution in [3.05, 3.63) is 87.3 Å². The maximum Gasteiger partial charge on any atom is 0.431 e. The smallest absolute Gasteiger partial charge is 0.394 e. The van der Waals surface area contributed by atoms with Gasteiger partial charge in [-0.05, 0) is 74.3 Å². The highest BCUT2D eigenvalue weighted by molar-refractivity contribution is 8.00. The third-order valence-corrected chi connectivity index (χ3v) is 12.1. The van der Waals surface area contributed by atoms with Crippen molar-refractivity contribution >= 4 is 74.9 Å². The Labute approximate surface area is 375 Å². The Morgan fingerprint density at radius 1 is 1.11 bits per heavy atom. The lowest BCUT2D eigenvalue weighted by Crippen LogP contribution is -2.34. The minimum Gasteiger partial charge on any atom is -0.394 e. The molecule has 1 saturated carbocycles. The van der Waals surface area contributed by atoms with E-state index in [1.165, 1.54) is 30.0 Å². The summed E-state index contributed by atoms with van der Waals surface area (Å²) < 4.78 is 156. The number of allylic oxidation sites excluding steroid dienone is 2. The van der Waals surface area contributed by atoms with E-state index < -0.39 is 129 Å². The number of halogens is 11. The van der Waals surface area contributed by atoms with E-state index in [9.17, 15) is 53.7 Å². The Morgan fingerprint density at radius 2 is 1.74 bits per heavy atom. The number of nitrogens with two attached hydrogens (primary N) is 1. The van der Waals surface area contributed by atoms with Crippen LogP contribution in [0.15, 0.2) is 58.7 Å². The second kappa shape index (κ2) is 19.2. The van der Waals surface area contributed by atoms with Crippen LogP contribution in [0.3, 0.4) is 0 Å². The first-order valence-corrected chi connectivity index (χ1v) is 21.9. The van der Waals surface area contributed by atoms with Gasteiger partial charge in [0.25, 0.3) is 5.92 Å². The van der Waals surface area contributed by atoms with Gasteiger partial charge in [0.1, 0.15) is 52.8 Å². The number of nitrogens with zero attached hydrogens (tertiary/aromatic N) is 5. The molecule has 65 heavy (non-hydrogen) atoms. The Balaban J connectivity index is 1.82. The zero-order valence-corrected chi connectivity index (χ0v) is 36.9. The van der Waals surface area contributed by atoms with Crippen molar-refractivity contribution in [1.82, 2.24) is 20.1 Å². The van der Waals surface area contributed by atoms with E-state index in [4.69, 9.17) is 17.3 Å². The molecule has 0 radical (unpaired) electrons. The molecule has 1 aliphatic rings. The van der Waals surface area contributed by atoms with Crippen LogP contribution in [0.5, 0.6) is 0 Å². The summed E-state index contributed by atoms with van der Waals surface area (Å²) in [6.45, 7) is 1.50. The van der Waals surface area contributed by atoms with Gasteiger partial charge in [0, 0.05) is 35.4 Å². The number of rotatable bonds is 12. The second-order valence-electron chi connectivity index (χ2n) is 15.1. The molecule has 1 aliphatic carbocycles.